The van der Waals surface area contributed by atoms with E-state index in [0.717, 1.165) is 37.3 Å². The van der Waals surface area contributed by atoms with E-state index in [2.05, 4.69) is 40.3 Å². The zero-order valence-electron chi connectivity index (χ0n) is 14.6. The molecule has 0 amide bonds. The van der Waals surface area contributed by atoms with Crippen molar-refractivity contribution in [3.63, 3.8) is 0 Å². The highest BCUT2D eigenvalue weighted by Gasteiger charge is 2.20. The van der Waals surface area contributed by atoms with E-state index >= 15 is 0 Å². The topological polar surface area (TPSA) is 38.1 Å². The standard InChI is InChI=1S/C21H23N3O/c1-23-21-7-4-18(13-19(21)14-22-23)12-16-8-10-24(11-9-16)20-5-2-17(15-25)3-6-20/h2-7,13-16H,8-12H2,1H3. The molecule has 3 aromatic rings. The molecule has 2 heterocycles. The average Bonchev–Trinajstić information content (AvgIpc) is 3.03. The summed E-state index contributed by atoms with van der Waals surface area (Å²) in [4.78, 5) is 13.2. The molecule has 1 fully saturated rings. The molecule has 0 spiro atoms. The van der Waals surface area contributed by atoms with E-state index in [0.29, 0.717) is 0 Å². The predicted molar refractivity (Wildman–Crippen MR) is 101 cm³/mol. The zero-order chi connectivity index (χ0) is 17.2. The Hall–Kier alpha value is -2.62. The fourth-order valence-corrected chi connectivity index (χ4v) is 3.83. The highest BCUT2D eigenvalue weighted by molar-refractivity contribution is 5.79. The number of nitrogens with zero attached hydrogens (tertiary/aromatic N) is 3. The molecule has 0 atom stereocenters. The number of aromatic nitrogens is 2. The van der Waals surface area contributed by atoms with Crippen molar-refractivity contribution in [1.82, 2.24) is 9.78 Å². The minimum absolute atomic E-state index is 0.736. The monoisotopic (exact) mass is 333 g/mol. The molecule has 1 saturated heterocycles. The van der Waals surface area contributed by atoms with Crippen LogP contribution in [0.3, 0.4) is 0 Å². The minimum Gasteiger partial charge on any atom is -0.372 e. The largest absolute Gasteiger partial charge is 0.372 e. The third-order valence-electron chi connectivity index (χ3n) is 5.34. The Bertz CT molecular complexity index is 874. The summed E-state index contributed by atoms with van der Waals surface area (Å²) in [5.41, 5.74) is 4.57. The van der Waals surface area contributed by atoms with Crippen LogP contribution < -0.4 is 4.90 Å². The lowest BCUT2D eigenvalue weighted by Gasteiger charge is -2.33. The third kappa shape index (κ3) is 3.29. The molecular formula is C21H23N3O. The summed E-state index contributed by atoms with van der Waals surface area (Å²) in [6.07, 6.45) is 6.41. The highest BCUT2D eigenvalue weighted by Crippen LogP contribution is 2.27. The fraction of sp³-hybridized carbons (Fsp3) is 0.333. The maximum Gasteiger partial charge on any atom is 0.150 e. The van der Waals surface area contributed by atoms with Crippen LogP contribution in [0.25, 0.3) is 10.9 Å². The van der Waals surface area contributed by atoms with Gasteiger partial charge < -0.3 is 4.90 Å². The van der Waals surface area contributed by atoms with Gasteiger partial charge in [-0.25, -0.2) is 0 Å². The third-order valence-corrected chi connectivity index (χ3v) is 5.34. The maximum absolute atomic E-state index is 10.8. The van der Waals surface area contributed by atoms with Crippen LogP contribution in [0.1, 0.15) is 28.8 Å². The first-order chi connectivity index (χ1) is 12.2. The summed E-state index contributed by atoms with van der Waals surface area (Å²) >= 11 is 0. The molecule has 4 rings (SSSR count). The molecule has 0 bridgehead atoms. The van der Waals surface area contributed by atoms with Crippen LogP contribution in [0.15, 0.2) is 48.7 Å². The van der Waals surface area contributed by atoms with Gasteiger partial charge in [0.1, 0.15) is 6.29 Å². The molecule has 0 unspecified atom stereocenters. The first-order valence-corrected chi connectivity index (χ1v) is 8.94. The van der Waals surface area contributed by atoms with Gasteiger partial charge in [-0.05, 0) is 67.1 Å². The molecule has 0 saturated carbocycles. The summed E-state index contributed by atoms with van der Waals surface area (Å²) < 4.78 is 1.92. The van der Waals surface area contributed by atoms with Crippen molar-refractivity contribution in [3.05, 3.63) is 59.8 Å². The van der Waals surface area contributed by atoms with Crippen LogP contribution >= 0.6 is 0 Å². The Morgan fingerprint density at radius 3 is 2.60 bits per heavy atom. The first kappa shape index (κ1) is 15.9. The summed E-state index contributed by atoms with van der Waals surface area (Å²) in [5.74, 6) is 0.736. The number of hydrogen-bond acceptors (Lipinski definition) is 3. The molecule has 0 aliphatic carbocycles. The van der Waals surface area contributed by atoms with Crippen LogP contribution in [0, 0.1) is 5.92 Å². The number of carbonyl (C=O) groups excluding carboxylic acids is 1. The Morgan fingerprint density at radius 2 is 1.88 bits per heavy atom. The number of hydrogen-bond donors (Lipinski definition) is 0. The lowest BCUT2D eigenvalue weighted by Crippen LogP contribution is -2.34. The quantitative estimate of drug-likeness (QED) is 0.681. The van der Waals surface area contributed by atoms with E-state index in [4.69, 9.17) is 0 Å². The molecule has 0 N–H and O–H groups in total. The van der Waals surface area contributed by atoms with Gasteiger partial charge in [0.2, 0.25) is 0 Å². The van der Waals surface area contributed by atoms with Crippen molar-refractivity contribution in [3.8, 4) is 0 Å². The van der Waals surface area contributed by atoms with Gasteiger partial charge >= 0.3 is 0 Å². The number of carbonyl (C=O) groups is 1. The van der Waals surface area contributed by atoms with Gasteiger partial charge in [-0.15, -0.1) is 0 Å². The lowest BCUT2D eigenvalue weighted by molar-refractivity contribution is 0.112. The van der Waals surface area contributed by atoms with E-state index < -0.39 is 0 Å². The van der Waals surface area contributed by atoms with Crippen molar-refractivity contribution in [2.45, 2.75) is 19.3 Å². The SMILES string of the molecule is Cn1ncc2cc(CC3CCN(c4ccc(C=O)cc4)CC3)ccc21. The number of aryl methyl sites for hydroxylation is 1. The van der Waals surface area contributed by atoms with Crippen LogP contribution in [-0.2, 0) is 13.5 Å². The Labute approximate surface area is 148 Å². The van der Waals surface area contributed by atoms with Gasteiger partial charge in [0.25, 0.3) is 0 Å². The van der Waals surface area contributed by atoms with Crippen molar-refractivity contribution >= 4 is 22.9 Å². The number of fused-ring (bicyclic) bond motifs is 1. The number of piperidine rings is 1. The number of rotatable bonds is 4. The molecule has 2 aromatic carbocycles. The molecule has 25 heavy (non-hydrogen) atoms. The second kappa shape index (κ2) is 6.71. The zero-order valence-corrected chi connectivity index (χ0v) is 14.6. The van der Waals surface area contributed by atoms with Gasteiger partial charge in [0, 0.05) is 36.8 Å². The fourth-order valence-electron chi connectivity index (χ4n) is 3.83. The van der Waals surface area contributed by atoms with Crippen molar-refractivity contribution < 1.29 is 4.79 Å². The van der Waals surface area contributed by atoms with E-state index in [9.17, 15) is 4.79 Å². The smallest absolute Gasteiger partial charge is 0.150 e. The summed E-state index contributed by atoms with van der Waals surface area (Å²) in [7, 11) is 1.99. The minimum atomic E-state index is 0.736. The number of anilines is 1. The van der Waals surface area contributed by atoms with Crippen LogP contribution in [-0.4, -0.2) is 29.2 Å². The Morgan fingerprint density at radius 1 is 1.12 bits per heavy atom. The van der Waals surface area contributed by atoms with Gasteiger partial charge in [0.05, 0.1) is 11.7 Å². The van der Waals surface area contributed by atoms with Crippen LogP contribution in [0.4, 0.5) is 5.69 Å². The molecular weight excluding hydrogens is 310 g/mol. The molecule has 1 aliphatic heterocycles. The van der Waals surface area contributed by atoms with Gasteiger partial charge in [0.15, 0.2) is 0 Å². The van der Waals surface area contributed by atoms with Gasteiger partial charge in [-0.2, -0.15) is 5.10 Å². The van der Waals surface area contributed by atoms with Gasteiger partial charge in [-0.3, -0.25) is 9.48 Å². The predicted octanol–water partition coefficient (Wildman–Crippen LogP) is 3.84. The second-order valence-electron chi connectivity index (χ2n) is 7.01. The Balaban J connectivity index is 1.38. The normalized spacial score (nSPS) is 15.6. The summed E-state index contributed by atoms with van der Waals surface area (Å²) in [5, 5.41) is 5.56. The van der Waals surface area contributed by atoms with Crippen molar-refractivity contribution in [2.75, 3.05) is 18.0 Å². The molecule has 1 aromatic heterocycles. The van der Waals surface area contributed by atoms with Gasteiger partial charge in [-0.1, -0.05) is 6.07 Å². The second-order valence-corrected chi connectivity index (χ2v) is 7.01. The Kier molecular flexibility index (Phi) is 4.26. The molecule has 4 nitrogen and oxygen atoms in total. The average molecular weight is 333 g/mol. The van der Waals surface area contributed by atoms with E-state index in [1.54, 1.807) is 0 Å². The van der Waals surface area contributed by atoms with Crippen LogP contribution in [0.5, 0.6) is 0 Å². The molecule has 0 radical (unpaired) electrons. The lowest BCUT2D eigenvalue weighted by atomic mass is 9.89. The first-order valence-electron chi connectivity index (χ1n) is 8.94. The summed E-state index contributed by atoms with van der Waals surface area (Å²) in [6, 6.07) is 14.6. The summed E-state index contributed by atoms with van der Waals surface area (Å²) in [6.45, 7) is 2.17. The maximum atomic E-state index is 10.8. The molecule has 128 valence electrons. The number of benzene rings is 2. The van der Waals surface area contributed by atoms with E-state index in [-0.39, 0.29) is 0 Å². The van der Waals surface area contributed by atoms with Crippen molar-refractivity contribution in [1.29, 1.82) is 0 Å². The van der Waals surface area contributed by atoms with E-state index in [1.165, 1.54) is 35.0 Å². The van der Waals surface area contributed by atoms with Crippen molar-refractivity contribution in [2.24, 2.45) is 13.0 Å². The molecule has 4 heteroatoms. The highest BCUT2D eigenvalue weighted by atomic mass is 16.1. The van der Waals surface area contributed by atoms with E-state index in [1.807, 2.05) is 30.1 Å². The van der Waals surface area contributed by atoms with Crippen LogP contribution in [0.2, 0.25) is 0 Å². The molecule has 1 aliphatic rings. The number of aldehydes is 1.